The molecule has 0 bridgehead atoms. The van der Waals surface area contributed by atoms with Crippen molar-refractivity contribution in [2.45, 2.75) is 19.4 Å². The largest absolute Gasteiger partial charge is 0.494 e. The van der Waals surface area contributed by atoms with Crippen LogP contribution in [0.3, 0.4) is 0 Å². The predicted molar refractivity (Wildman–Crippen MR) is 62.8 cm³/mol. The molecular weight excluding hydrogens is 220 g/mol. The number of rotatable bonds is 4. The number of anilines is 1. The van der Waals surface area contributed by atoms with Gasteiger partial charge in [0.25, 0.3) is 0 Å². The molecule has 1 aromatic carbocycles. The molecule has 1 saturated heterocycles. The number of hydrogen-bond acceptors (Lipinski definition) is 4. The van der Waals surface area contributed by atoms with E-state index in [9.17, 15) is 9.59 Å². The summed E-state index contributed by atoms with van der Waals surface area (Å²) >= 11 is 0. The van der Waals surface area contributed by atoms with Crippen LogP contribution in [-0.2, 0) is 9.59 Å². The van der Waals surface area contributed by atoms with Gasteiger partial charge < -0.3 is 10.1 Å². The minimum absolute atomic E-state index is 0.178. The third-order valence-electron chi connectivity index (χ3n) is 2.45. The second-order valence-corrected chi connectivity index (χ2v) is 3.77. The van der Waals surface area contributed by atoms with Gasteiger partial charge in [0.05, 0.1) is 13.0 Å². The van der Waals surface area contributed by atoms with E-state index in [1.54, 1.807) is 6.07 Å². The van der Waals surface area contributed by atoms with E-state index in [-0.39, 0.29) is 18.2 Å². The summed E-state index contributed by atoms with van der Waals surface area (Å²) in [6.07, 6.45) is 0.178. The number of hydrogen-bond donors (Lipinski definition) is 2. The smallest absolute Gasteiger partial charge is 0.249 e. The van der Waals surface area contributed by atoms with Crippen molar-refractivity contribution in [3.05, 3.63) is 24.3 Å². The molecule has 0 aromatic heterocycles. The van der Waals surface area contributed by atoms with Crippen LogP contribution in [0.5, 0.6) is 5.75 Å². The van der Waals surface area contributed by atoms with Crippen molar-refractivity contribution < 1.29 is 14.3 Å². The zero-order valence-electron chi connectivity index (χ0n) is 9.53. The van der Waals surface area contributed by atoms with Gasteiger partial charge in [-0.05, 0) is 19.1 Å². The van der Waals surface area contributed by atoms with E-state index in [1.807, 2.05) is 25.1 Å². The van der Waals surface area contributed by atoms with Crippen LogP contribution in [0.15, 0.2) is 24.3 Å². The highest BCUT2D eigenvalue weighted by atomic mass is 16.5. The molecule has 1 heterocycles. The van der Waals surface area contributed by atoms with E-state index in [1.165, 1.54) is 0 Å². The molecule has 2 N–H and O–H groups in total. The van der Waals surface area contributed by atoms with Gasteiger partial charge in [0, 0.05) is 11.8 Å². The summed E-state index contributed by atoms with van der Waals surface area (Å²) in [5.41, 5.74) is 0.769. The topological polar surface area (TPSA) is 67.4 Å². The summed E-state index contributed by atoms with van der Waals surface area (Å²) < 4.78 is 5.35. The molecule has 1 unspecified atom stereocenters. The lowest BCUT2D eigenvalue weighted by atomic mass is 10.2. The molecule has 0 spiro atoms. The van der Waals surface area contributed by atoms with Crippen molar-refractivity contribution in [3.8, 4) is 5.75 Å². The SMILES string of the molecule is CCOc1cccc(NC2CC(=O)NC2=O)c1. The zero-order valence-corrected chi connectivity index (χ0v) is 9.53. The maximum Gasteiger partial charge on any atom is 0.249 e. The molecule has 1 fully saturated rings. The number of nitrogens with one attached hydrogen (secondary N) is 2. The standard InChI is InChI=1S/C12H14N2O3/c1-2-17-9-5-3-4-8(6-9)13-10-7-11(15)14-12(10)16/h3-6,10,13H,2,7H2,1H3,(H,14,15,16). The van der Waals surface area contributed by atoms with Gasteiger partial charge in [-0.3, -0.25) is 14.9 Å². The second-order valence-electron chi connectivity index (χ2n) is 3.77. The van der Waals surface area contributed by atoms with Gasteiger partial charge in [0.2, 0.25) is 11.8 Å². The van der Waals surface area contributed by atoms with Crippen molar-refractivity contribution in [3.63, 3.8) is 0 Å². The average Bonchev–Trinajstić information content (AvgIpc) is 2.58. The van der Waals surface area contributed by atoms with Gasteiger partial charge in [-0.25, -0.2) is 0 Å². The number of amides is 2. The van der Waals surface area contributed by atoms with Crippen molar-refractivity contribution >= 4 is 17.5 Å². The molecule has 1 aliphatic heterocycles. The Labute approximate surface area is 99.2 Å². The number of benzene rings is 1. The number of ether oxygens (including phenoxy) is 1. The summed E-state index contributed by atoms with van der Waals surface area (Å²) in [6.45, 7) is 2.50. The first kappa shape index (κ1) is 11.4. The normalized spacial score (nSPS) is 19.0. The molecule has 0 saturated carbocycles. The molecule has 17 heavy (non-hydrogen) atoms. The minimum Gasteiger partial charge on any atom is -0.494 e. The fraction of sp³-hybridized carbons (Fsp3) is 0.333. The van der Waals surface area contributed by atoms with Crippen LogP contribution in [0.1, 0.15) is 13.3 Å². The first-order chi connectivity index (χ1) is 8.19. The third kappa shape index (κ3) is 2.75. The Bertz CT molecular complexity index is 445. The van der Waals surface area contributed by atoms with Crippen molar-refractivity contribution in [2.75, 3.05) is 11.9 Å². The van der Waals surface area contributed by atoms with E-state index >= 15 is 0 Å². The van der Waals surface area contributed by atoms with E-state index in [2.05, 4.69) is 10.6 Å². The first-order valence-electron chi connectivity index (χ1n) is 5.52. The maximum absolute atomic E-state index is 11.4. The van der Waals surface area contributed by atoms with Crippen LogP contribution in [0.25, 0.3) is 0 Å². The molecule has 2 amide bonds. The fourth-order valence-corrected chi connectivity index (χ4v) is 1.71. The van der Waals surface area contributed by atoms with E-state index in [0.29, 0.717) is 6.61 Å². The van der Waals surface area contributed by atoms with E-state index in [4.69, 9.17) is 4.74 Å². The summed E-state index contributed by atoms with van der Waals surface area (Å²) in [5.74, 6) is 0.215. The second kappa shape index (κ2) is 4.86. The molecule has 5 nitrogen and oxygen atoms in total. The molecule has 0 aliphatic carbocycles. The summed E-state index contributed by atoms with van der Waals surface area (Å²) in [6, 6.07) is 6.83. The molecule has 0 radical (unpaired) electrons. The van der Waals surface area contributed by atoms with Gasteiger partial charge in [-0.15, -0.1) is 0 Å². The minimum atomic E-state index is -0.487. The Kier molecular flexibility index (Phi) is 3.27. The molecular formula is C12H14N2O3. The Hall–Kier alpha value is -2.04. The lowest BCUT2D eigenvalue weighted by molar-refractivity contribution is -0.124. The lowest BCUT2D eigenvalue weighted by Crippen LogP contribution is -2.29. The number of carbonyl (C=O) groups is 2. The molecule has 5 heteroatoms. The van der Waals surface area contributed by atoms with Crippen LogP contribution in [0.2, 0.25) is 0 Å². The monoisotopic (exact) mass is 234 g/mol. The zero-order chi connectivity index (χ0) is 12.3. The Morgan fingerprint density at radius 2 is 2.29 bits per heavy atom. The summed E-state index contributed by atoms with van der Waals surface area (Å²) in [5, 5.41) is 5.26. The fourth-order valence-electron chi connectivity index (χ4n) is 1.71. The Balaban J connectivity index is 2.05. The van der Waals surface area contributed by atoms with Crippen molar-refractivity contribution in [2.24, 2.45) is 0 Å². The molecule has 2 rings (SSSR count). The van der Waals surface area contributed by atoms with Gasteiger partial charge in [-0.1, -0.05) is 6.07 Å². The number of imide groups is 1. The van der Waals surface area contributed by atoms with Gasteiger partial charge in [0.1, 0.15) is 11.8 Å². The number of carbonyl (C=O) groups excluding carboxylic acids is 2. The van der Waals surface area contributed by atoms with Crippen LogP contribution in [0.4, 0.5) is 5.69 Å². The Morgan fingerprint density at radius 1 is 1.47 bits per heavy atom. The Morgan fingerprint density at radius 3 is 2.94 bits per heavy atom. The predicted octanol–water partition coefficient (Wildman–Crippen LogP) is 0.912. The third-order valence-corrected chi connectivity index (χ3v) is 2.45. The van der Waals surface area contributed by atoms with Gasteiger partial charge >= 0.3 is 0 Å². The van der Waals surface area contributed by atoms with E-state index < -0.39 is 6.04 Å². The average molecular weight is 234 g/mol. The van der Waals surface area contributed by atoms with Crippen LogP contribution in [-0.4, -0.2) is 24.5 Å². The van der Waals surface area contributed by atoms with Crippen LogP contribution in [0, 0.1) is 0 Å². The summed E-state index contributed by atoms with van der Waals surface area (Å²) in [7, 11) is 0. The van der Waals surface area contributed by atoms with E-state index in [0.717, 1.165) is 11.4 Å². The maximum atomic E-state index is 11.4. The molecule has 1 aliphatic rings. The molecule has 90 valence electrons. The summed E-state index contributed by atoms with van der Waals surface area (Å²) in [4.78, 5) is 22.4. The molecule has 1 aromatic rings. The lowest BCUT2D eigenvalue weighted by Gasteiger charge is -2.11. The van der Waals surface area contributed by atoms with Crippen LogP contribution < -0.4 is 15.4 Å². The van der Waals surface area contributed by atoms with Gasteiger partial charge in [0.15, 0.2) is 0 Å². The van der Waals surface area contributed by atoms with Gasteiger partial charge in [-0.2, -0.15) is 0 Å². The molecule has 1 atom stereocenters. The van der Waals surface area contributed by atoms with Crippen molar-refractivity contribution in [1.82, 2.24) is 5.32 Å². The van der Waals surface area contributed by atoms with Crippen LogP contribution >= 0.6 is 0 Å². The quantitative estimate of drug-likeness (QED) is 0.760. The highest BCUT2D eigenvalue weighted by Gasteiger charge is 2.30. The van der Waals surface area contributed by atoms with Crippen molar-refractivity contribution in [1.29, 1.82) is 0 Å². The first-order valence-corrected chi connectivity index (χ1v) is 5.52. The highest BCUT2D eigenvalue weighted by molar-refractivity contribution is 6.06. The highest BCUT2D eigenvalue weighted by Crippen LogP contribution is 2.19.